The molecule has 0 aromatic heterocycles. The Kier molecular flexibility index (Phi) is 11.9. The zero-order valence-corrected chi connectivity index (χ0v) is 18.3. The number of nitrogens with one attached hydrogen (secondary N) is 1. The summed E-state index contributed by atoms with van der Waals surface area (Å²) in [5, 5.41) is 3.35. The van der Waals surface area contributed by atoms with Crippen molar-refractivity contribution in [2.45, 2.75) is 85.4 Å². The van der Waals surface area contributed by atoms with E-state index < -0.39 is 0 Å². The van der Waals surface area contributed by atoms with Gasteiger partial charge in [-0.2, -0.15) is 0 Å². The number of Topliss-reactive ketones (excluding diaryl/α,β-unsaturated/α-hetero) is 1. The minimum Gasteiger partial charge on any atom is -0.370 e. The van der Waals surface area contributed by atoms with Crippen molar-refractivity contribution < 1.29 is 9.59 Å². The van der Waals surface area contributed by atoms with Crippen LogP contribution in [0.25, 0.3) is 0 Å². The van der Waals surface area contributed by atoms with Crippen molar-refractivity contribution in [3.05, 3.63) is 0 Å². The first-order valence-electron chi connectivity index (χ1n) is 10.1. The lowest BCUT2D eigenvalue weighted by atomic mass is 9.92. The number of guanidine groups is 1. The zero-order chi connectivity index (χ0) is 21.1. The molecule has 0 aliphatic heterocycles. The fourth-order valence-electron chi connectivity index (χ4n) is 3.04. The van der Waals surface area contributed by atoms with Gasteiger partial charge in [0.1, 0.15) is 0 Å². The zero-order valence-electron chi connectivity index (χ0n) is 18.3. The molecule has 7 heteroatoms. The number of hydrogen-bond donors (Lipinski definition) is 3. The Bertz CT molecular complexity index is 485. The highest BCUT2D eigenvalue weighted by atomic mass is 16.2. The number of carbonyl (C=O) groups is 2. The second-order valence-corrected chi connectivity index (χ2v) is 8.33. The van der Waals surface area contributed by atoms with Crippen molar-refractivity contribution in [2.24, 2.45) is 28.3 Å². The highest BCUT2D eigenvalue weighted by molar-refractivity contribution is 5.91. The molecule has 0 aromatic rings. The van der Waals surface area contributed by atoms with Crippen molar-refractivity contribution in [1.82, 2.24) is 10.2 Å². The maximum Gasteiger partial charge on any atom is 0.240 e. The minimum absolute atomic E-state index is 0.0230. The number of amides is 1. The van der Waals surface area contributed by atoms with Gasteiger partial charge in [-0.15, -0.1) is 0 Å². The summed E-state index contributed by atoms with van der Waals surface area (Å²) < 4.78 is 0. The Morgan fingerprint density at radius 1 is 1.04 bits per heavy atom. The number of nitrogens with zero attached hydrogens (tertiary/aromatic N) is 2. The highest BCUT2D eigenvalue weighted by Gasteiger charge is 2.32. The van der Waals surface area contributed by atoms with Crippen LogP contribution in [-0.2, 0) is 9.59 Å². The van der Waals surface area contributed by atoms with Gasteiger partial charge in [0, 0.05) is 25.6 Å². The summed E-state index contributed by atoms with van der Waals surface area (Å²) in [7, 11) is 1.75. The van der Waals surface area contributed by atoms with Crippen molar-refractivity contribution in [1.29, 1.82) is 0 Å². The van der Waals surface area contributed by atoms with Crippen LogP contribution in [0.3, 0.4) is 0 Å². The summed E-state index contributed by atoms with van der Waals surface area (Å²) in [6, 6.07) is -0.520. The number of hydrogen-bond acceptors (Lipinski definition) is 4. The maximum atomic E-state index is 13.1. The van der Waals surface area contributed by atoms with Crippen LogP contribution >= 0.6 is 0 Å². The molecule has 0 unspecified atom stereocenters. The molecule has 0 rings (SSSR count). The first-order chi connectivity index (χ1) is 12.5. The fourth-order valence-corrected chi connectivity index (χ4v) is 3.04. The Balaban J connectivity index is 5.12. The van der Waals surface area contributed by atoms with Crippen LogP contribution in [0.5, 0.6) is 0 Å². The fraction of sp³-hybridized carbons (Fsp3) is 0.850. The van der Waals surface area contributed by atoms with Crippen molar-refractivity contribution in [3.63, 3.8) is 0 Å². The van der Waals surface area contributed by atoms with Crippen LogP contribution in [0.1, 0.15) is 67.2 Å². The topological polar surface area (TPSA) is 114 Å². The minimum atomic E-state index is -0.379. The van der Waals surface area contributed by atoms with Crippen LogP contribution in [0.4, 0.5) is 0 Å². The second-order valence-electron chi connectivity index (χ2n) is 8.33. The van der Waals surface area contributed by atoms with E-state index in [-0.39, 0.29) is 41.7 Å². The SMILES string of the molecule is CC(C)C[C@@H](C(=O)C(C)C)N(C)C(=O)[C@H](CCCCN=C(N)N)NC(C)C. The van der Waals surface area contributed by atoms with E-state index in [1.807, 2.05) is 27.7 Å². The lowest BCUT2D eigenvalue weighted by Gasteiger charge is -2.33. The predicted octanol–water partition coefficient (Wildman–Crippen LogP) is 1.89. The van der Waals surface area contributed by atoms with Crippen molar-refractivity contribution in [3.8, 4) is 0 Å². The van der Waals surface area contributed by atoms with Crippen LogP contribution in [0.15, 0.2) is 4.99 Å². The Labute approximate surface area is 165 Å². The van der Waals surface area contributed by atoms with Gasteiger partial charge < -0.3 is 21.7 Å². The van der Waals surface area contributed by atoms with Crippen LogP contribution < -0.4 is 16.8 Å². The largest absolute Gasteiger partial charge is 0.370 e. The van der Waals surface area contributed by atoms with E-state index in [2.05, 4.69) is 24.2 Å². The van der Waals surface area contributed by atoms with Gasteiger partial charge in [0.15, 0.2) is 11.7 Å². The molecule has 0 bridgehead atoms. The molecular formula is C20H41N5O2. The molecule has 158 valence electrons. The first-order valence-corrected chi connectivity index (χ1v) is 10.1. The van der Waals surface area contributed by atoms with Crippen LogP contribution in [-0.4, -0.2) is 54.3 Å². The Hall–Kier alpha value is -1.63. The van der Waals surface area contributed by atoms with Gasteiger partial charge in [0.25, 0.3) is 0 Å². The van der Waals surface area contributed by atoms with Crippen LogP contribution in [0, 0.1) is 11.8 Å². The Morgan fingerprint density at radius 3 is 2.07 bits per heavy atom. The summed E-state index contributed by atoms with van der Waals surface area (Å²) in [4.78, 5) is 31.5. The molecule has 27 heavy (non-hydrogen) atoms. The average Bonchev–Trinajstić information content (AvgIpc) is 2.55. The second kappa shape index (κ2) is 12.7. The smallest absolute Gasteiger partial charge is 0.240 e. The number of likely N-dealkylation sites (N-methyl/N-ethyl adjacent to an activating group) is 1. The summed E-state index contributed by atoms with van der Waals surface area (Å²) in [6.45, 7) is 12.5. The number of carbonyl (C=O) groups excluding carboxylic acids is 2. The molecule has 2 atom stereocenters. The average molecular weight is 384 g/mol. The van der Waals surface area contributed by atoms with E-state index in [1.165, 1.54) is 0 Å². The number of nitrogens with two attached hydrogens (primary N) is 2. The molecule has 0 aliphatic carbocycles. The maximum absolute atomic E-state index is 13.1. The third-order valence-electron chi connectivity index (χ3n) is 4.44. The molecule has 0 saturated heterocycles. The van der Waals surface area contributed by atoms with E-state index in [0.717, 1.165) is 12.8 Å². The molecule has 5 N–H and O–H groups in total. The van der Waals surface area contributed by atoms with Crippen molar-refractivity contribution >= 4 is 17.6 Å². The van der Waals surface area contributed by atoms with E-state index in [9.17, 15) is 9.59 Å². The predicted molar refractivity (Wildman–Crippen MR) is 112 cm³/mol. The summed E-state index contributed by atoms with van der Waals surface area (Å²) >= 11 is 0. The van der Waals surface area contributed by atoms with Gasteiger partial charge in [0.2, 0.25) is 5.91 Å². The lowest BCUT2D eigenvalue weighted by Crippen LogP contribution is -2.53. The third-order valence-corrected chi connectivity index (χ3v) is 4.44. The van der Waals surface area contributed by atoms with Gasteiger partial charge in [-0.05, 0) is 31.6 Å². The van der Waals surface area contributed by atoms with Crippen LogP contribution in [0.2, 0.25) is 0 Å². The quantitative estimate of drug-likeness (QED) is 0.255. The molecule has 0 heterocycles. The molecule has 0 radical (unpaired) electrons. The van der Waals surface area contributed by atoms with E-state index in [0.29, 0.717) is 25.3 Å². The highest BCUT2D eigenvalue weighted by Crippen LogP contribution is 2.17. The Morgan fingerprint density at radius 2 is 1.63 bits per heavy atom. The molecule has 0 aromatic carbocycles. The van der Waals surface area contributed by atoms with Gasteiger partial charge in [-0.25, -0.2) is 0 Å². The molecule has 0 fully saturated rings. The number of aliphatic imine (C=N–C) groups is 1. The number of ketones is 1. The number of unbranched alkanes of at least 4 members (excludes halogenated alkanes) is 1. The standard InChI is InChI=1S/C20H41N5O2/c1-13(2)12-17(18(26)14(3)4)25(7)19(27)16(24-15(5)6)10-8-9-11-23-20(21)22/h13-17,24H,8-12H2,1-7H3,(H4,21,22,23)/t16-,17-/m0/s1. The third kappa shape index (κ3) is 10.3. The molecule has 1 amide bonds. The lowest BCUT2D eigenvalue weighted by molar-refractivity contribution is -0.141. The first kappa shape index (κ1) is 25.4. The summed E-state index contributed by atoms with van der Waals surface area (Å²) in [5.74, 6) is 0.427. The molecule has 7 nitrogen and oxygen atoms in total. The molecular weight excluding hydrogens is 342 g/mol. The van der Waals surface area contributed by atoms with Gasteiger partial charge in [-0.1, -0.05) is 41.5 Å². The van der Waals surface area contributed by atoms with Gasteiger partial charge in [0.05, 0.1) is 12.1 Å². The number of rotatable bonds is 13. The molecule has 0 saturated carbocycles. The van der Waals surface area contributed by atoms with Crippen molar-refractivity contribution in [2.75, 3.05) is 13.6 Å². The normalized spacial score (nSPS) is 13.7. The summed E-state index contributed by atoms with van der Waals surface area (Å²) in [6.07, 6.45) is 3.00. The van der Waals surface area contributed by atoms with Gasteiger partial charge in [-0.3, -0.25) is 14.6 Å². The van der Waals surface area contributed by atoms with E-state index in [4.69, 9.17) is 11.5 Å². The van der Waals surface area contributed by atoms with E-state index in [1.54, 1.807) is 11.9 Å². The summed E-state index contributed by atoms with van der Waals surface area (Å²) in [5.41, 5.74) is 10.7. The van der Waals surface area contributed by atoms with E-state index >= 15 is 0 Å². The molecule has 0 aliphatic rings. The monoisotopic (exact) mass is 383 g/mol. The van der Waals surface area contributed by atoms with Gasteiger partial charge >= 0.3 is 0 Å². The molecule has 0 spiro atoms.